The maximum atomic E-state index is 13.0. The fraction of sp³-hybridized carbons (Fsp3) is 0.318. The number of allylic oxidation sites excluding steroid dienone is 1. The first-order valence-corrected chi connectivity index (χ1v) is 10.3. The van der Waals surface area contributed by atoms with Crippen LogP contribution in [0.3, 0.4) is 0 Å². The summed E-state index contributed by atoms with van der Waals surface area (Å²) in [7, 11) is 0. The number of halogens is 2. The van der Waals surface area contributed by atoms with Gasteiger partial charge in [0.15, 0.2) is 5.78 Å². The predicted molar refractivity (Wildman–Crippen MR) is 115 cm³/mol. The monoisotopic (exact) mass is 444 g/mol. The van der Waals surface area contributed by atoms with Crippen molar-refractivity contribution in [1.82, 2.24) is 0 Å². The molecule has 1 heterocycles. The molecule has 4 rings (SSSR count). The van der Waals surface area contributed by atoms with Gasteiger partial charge in [0.1, 0.15) is 0 Å². The van der Waals surface area contributed by atoms with E-state index in [9.17, 15) is 4.79 Å². The molecule has 0 N–H and O–H groups in total. The highest BCUT2D eigenvalue weighted by Gasteiger charge is 2.39. The molecule has 0 radical (unpaired) electrons. The van der Waals surface area contributed by atoms with Crippen molar-refractivity contribution in [2.75, 3.05) is 23.0 Å². The molecule has 3 nitrogen and oxygen atoms in total. The van der Waals surface area contributed by atoms with E-state index in [2.05, 4.69) is 51.7 Å². The smallest absolute Gasteiger partial charge is 0.162 e. The van der Waals surface area contributed by atoms with Crippen molar-refractivity contribution in [3.8, 4) is 0 Å². The highest BCUT2D eigenvalue weighted by Crippen LogP contribution is 2.42. The number of hydrogen-bond acceptors (Lipinski definition) is 3. The third-order valence-electron chi connectivity index (χ3n) is 5.29. The van der Waals surface area contributed by atoms with Gasteiger partial charge in [-0.2, -0.15) is 0 Å². The largest absolute Gasteiger partial charge is 0.349 e. The Bertz CT molecular complexity index is 903. The van der Waals surface area contributed by atoms with Gasteiger partial charge in [0, 0.05) is 45.1 Å². The molecule has 2 aliphatic rings. The van der Waals surface area contributed by atoms with Gasteiger partial charge in [0.05, 0.1) is 6.67 Å². The molecule has 0 spiro atoms. The summed E-state index contributed by atoms with van der Waals surface area (Å²) < 4.78 is 1.05. The van der Waals surface area contributed by atoms with Crippen LogP contribution in [0.1, 0.15) is 26.7 Å². The number of carbonyl (C=O) groups is 1. The summed E-state index contributed by atoms with van der Waals surface area (Å²) in [4.78, 5) is 17.5. The number of Topliss-reactive ketones (excluding diaryl/α,β-unsaturated/α-hetero) is 1. The average molecular weight is 446 g/mol. The zero-order chi connectivity index (χ0) is 19.2. The van der Waals surface area contributed by atoms with Crippen molar-refractivity contribution in [3.05, 3.63) is 69.3 Å². The first-order valence-electron chi connectivity index (χ1n) is 9.11. The van der Waals surface area contributed by atoms with Gasteiger partial charge < -0.3 is 9.80 Å². The summed E-state index contributed by atoms with van der Waals surface area (Å²) in [6.07, 6.45) is 1.51. The number of anilines is 2. The van der Waals surface area contributed by atoms with Crippen molar-refractivity contribution < 1.29 is 4.79 Å². The molecule has 2 aromatic carbocycles. The lowest BCUT2D eigenvalue weighted by Crippen LogP contribution is -2.48. The molecule has 0 unspecified atom stereocenters. The maximum absolute atomic E-state index is 13.0. The van der Waals surface area contributed by atoms with Gasteiger partial charge >= 0.3 is 0 Å². The third kappa shape index (κ3) is 3.78. The number of ketones is 1. The Morgan fingerprint density at radius 3 is 2.26 bits per heavy atom. The zero-order valence-electron chi connectivity index (χ0n) is 15.5. The van der Waals surface area contributed by atoms with Crippen molar-refractivity contribution >= 4 is 44.7 Å². The van der Waals surface area contributed by atoms with Gasteiger partial charge in [-0.3, -0.25) is 4.79 Å². The SMILES string of the molecule is CC1(C)CC(=O)C2=C(C1)N(c1ccc(Cl)cc1)CN(c1ccc(Br)cc1)C2. The molecular formula is C22H22BrClN2O. The summed E-state index contributed by atoms with van der Waals surface area (Å²) in [5.74, 6) is 0.266. The van der Waals surface area contributed by atoms with Crippen LogP contribution in [0.5, 0.6) is 0 Å². The van der Waals surface area contributed by atoms with Gasteiger partial charge in [-0.1, -0.05) is 41.4 Å². The van der Waals surface area contributed by atoms with E-state index in [0.717, 1.165) is 38.6 Å². The van der Waals surface area contributed by atoms with Crippen LogP contribution >= 0.6 is 27.5 Å². The zero-order valence-corrected chi connectivity index (χ0v) is 17.8. The minimum absolute atomic E-state index is 0.0135. The van der Waals surface area contributed by atoms with Crippen LogP contribution in [0, 0.1) is 5.41 Å². The lowest BCUT2D eigenvalue weighted by atomic mass is 9.74. The van der Waals surface area contributed by atoms with Crippen LogP contribution in [-0.4, -0.2) is 19.0 Å². The normalized spacial score (nSPS) is 19.3. The summed E-state index contributed by atoms with van der Waals surface area (Å²) in [6, 6.07) is 16.1. The maximum Gasteiger partial charge on any atom is 0.162 e. The molecule has 0 aromatic heterocycles. The van der Waals surface area contributed by atoms with Crippen LogP contribution in [-0.2, 0) is 4.79 Å². The van der Waals surface area contributed by atoms with E-state index < -0.39 is 0 Å². The minimum Gasteiger partial charge on any atom is -0.349 e. The first-order chi connectivity index (χ1) is 12.8. The van der Waals surface area contributed by atoms with E-state index in [1.54, 1.807) is 0 Å². The van der Waals surface area contributed by atoms with E-state index in [4.69, 9.17) is 11.6 Å². The Labute approximate surface area is 173 Å². The molecule has 1 aliphatic carbocycles. The van der Waals surface area contributed by atoms with E-state index in [1.807, 2.05) is 36.4 Å². The molecule has 0 saturated carbocycles. The molecule has 2 aromatic rings. The third-order valence-corrected chi connectivity index (χ3v) is 6.07. The van der Waals surface area contributed by atoms with E-state index in [0.29, 0.717) is 19.6 Å². The summed E-state index contributed by atoms with van der Waals surface area (Å²) in [5.41, 5.74) is 4.27. The van der Waals surface area contributed by atoms with Crippen LogP contribution in [0.2, 0.25) is 5.02 Å². The van der Waals surface area contributed by atoms with Gasteiger partial charge in [-0.05, 0) is 60.4 Å². The molecule has 0 amide bonds. The number of hydrogen-bond donors (Lipinski definition) is 0. The topological polar surface area (TPSA) is 23.6 Å². The van der Waals surface area contributed by atoms with Gasteiger partial charge in [0.25, 0.3) is 0 Å². The fourth-order valence-electron chi connectivity index (χ4n) is 3.94. The Kier molecular flexibility index (Phi) is 4.81. The van der Waals surface area contributed by atoms with Crippen molar-refractivity contribution in [2.24, 2.45) is 5.41 Å². The lowest BCUT2D eigenvalue weighted by molar-refractivity contribution is -0.118. The van der Waals surface area contributed by atoms with E-state index in [-0.39, 0.29) is 11.2 Å². The molecule has 140 valence electrons. The molecule has 0 saturated heterocycles. The van der Waals surface area contributed by atoms with Gasteiger partial charge in [-0.15, -0.1) is 0 Å². The van der Waals surface area contributed by atoms with E-state index in [1.165, 1.54) is 0 Å². The molecule has 0 atom stereocenters. The second-order valence-corrected chi connectivity index (χ2v) is 9.44. The van der Waals surface area contributed by atoms with E-state index >= 15 is 0 Å². The van der Waals surface area contributed by atoms with Crippen LogP contribution in [0.4, 0.5) is 11.4 Å². The number of nitrogens with zero attached hydrogens (tertiary/aromatic N) is 2. The van der Waals surface area contributed by atoms with Gasteiger partial charge in [0.2, 0.25) is 0 Å². The quantitative estimate of drug-likeness (QED) is 0.564. The fourth-order valence-corrected chi connectivity index (χ4v) is 4.33. The van der Waals surface area contributed by atoms with Gasteiger partial charge in [-0.25, -0.2) is 0 Å². The number of carbonyl (C=O) groups excluding carboxylic acids is 1. The Morgan fingerprint density at radius 2 is 1.59 bits per heavy atom. The van der Waals surface area contributed by atoms with Crippen LogP contribution in [0.15, 0.2) is 64.3 Å². The predicted octanol–water partition coefficient (Wildman–Crippen LogP) is 6.03. The standard InChI is InChI=1S/C22H22BrClN2O/c1-22(2)11-20-19(21(27)12-22)13-25(17-7-3-15(23)4-8-17)14-26(20)18-9-5-16(24)6-10-18/h3-10H,11-14H2,1-2H3. The lowest BCUT2D eigenvalue weighted by Gasteiger charge is -2.45. The first kappa shape index (κ1) is 18.6. The molecule has 5 heteroatoms. The molecule has 0 fully saturated rings. The highest BCUT2D eigenvalue weighted by atomic mass is 79.9. The number of benzene rings is 2. The molecule has 0 bridgehead atoms. The Morgan fingerprint density at radius 1 is 0.963 bits per heavy atom. The second-order valence-electron chi connectivity index (χ2n) is 8.09. The van der Waals surface area contributed by atoms with Crippen molar-refractivity contribution in [3.63, 3.8) is 0 Å². The average Bonchev–Trinajstić information content (AvgIpc) is 2.62. The van der Waals surface area contributed by atoms with Crippen molar-refractivity contribution in [2.45, 2.75) is 26.7 Å². The molecule has 27 heavy (non-hydrogen) atoms. The number of rotatable bonds is 2. The second kappa shape index (κ2) is 6.99. The molecular weight excluding hydrogens is 424 g/mol. The Hall–Kier alpha value is -1.78. The van der Waals surface area contributed by atoms with Crippen LogP contribution in [0.25, 0.3) is 0 Å². The summed E-state index contributed by atoms with van der Waals surface area (Å²) in [6.45, 7) is 5.73. The summed E-state index contributed by atoms with van der Waals surface area (Å²) >= 11 is 9.59. The molecule has 1 aliphatic heterocycles. The highest BCUT2D eigenvalue weighted by molar-refractivity contribution is 9.10. The van der Waals surface area contributed by atoms with Crippen LogP contribution < -0.4 is 9.80 Å². The summed E-state index contributed by atoms with van der Waals surface area (Å²) in [5, 5.41) is 0.717. The van der Waals surface area contributed by atoms with Crippen molar-refractivity contribution in [1.29, 1.82) is 0 Å². The Balaban J connectivity index is 1.78. The minimum atomic E-state index is -0.0135.